The Balaban J connectivity index is 2.45. The molecule has 0 aliphatic carbocycles. The van der Waals surface area contributed by atoms with E-state index in [4.69, 9.17) is 5.26 Å². The van der Waals surface area contributed by atoms with E-state index >= 15 is 0 Å². The van der Waals surface area contributed by atoms with Gasteiger partial charge in [-0.2, -0.15) is 31.9 Å². The van der Waals surface area contributed by atoms with E-state index in [9.17, 15) is 26.4 Å². The SMILES string of the molecule is Cn1nc(-c2ccc(OS(=O)(=O)C(F)(F)F)c(C#N)c2)cc1C=O. The number of carbonyl (C=O) groups is 1. The molecule has 0 aliphatic rings. The molecule has 126 valence electrons. The summed E-state index contributed by atoms with van der Waals surface area (Å²) in [6.07, 6.45) is 0.551. The van der Waals surface area contributed by atoms with Crippen molar-refractivity contribution in [2.75, 3.05) is 0 Å². The lowest BCUT2D eigenvalue weighted by molar-refractivity contribution is -0.0500. The predicted molar refractivity (Wildman–Crippen MR) is 74.3 cm³/mol. The van der Waals surface area contributed by atoms with Crippen molar-refractivity contribution in [3.8, 4) is 23.1 Å². The molecule has 0 saturated carbocycles. The number of hydrogen-bond acceptors (Lipinski definition) is 6. The Morgan fingerprint density at radius 3 is 2.50 bits per heavy atom. The Morgan fingerprint density at radius 2 is 2.00 bits per heavy atom. The standard InChI is InChI=1S/C13H8F3N3O4S/c1-19-10(7-20)5-11(18-19)8-2-3-12(9(4-8)6-17)23-24(21,22)13(14,15)16/h2-5,7H,1H3. The predicted octanol–water partition coefficient (Wildman–Crippen LogP) is 2.00. The molecule has 0 amide bonds. The third kappa shape index (κ3) is 3.23. The molecule has 7 nitrogen and oxygen atoms in total. The van der Waals surface area contributed by atoms with Crippen LogP contribution in [0.2, 0.25) is 0 Å². The second-order valence-corrected chi connectivity index (χ2v) is 6.04. The Morgan fingerprint density at radius 1 is 1.33 bits per heavy atom. The van der Waals surface area contributed by atoms with Crippen molar-refractivity contribution in [1.29, 1.82) is 5.26 Å². The van der Waals surface area contributed by atoms with Gasteiger partial charge in [0.15, 0.2) is 12.0 Å². The molecule has 0 aliphatic heterocycles. The maximum absolute atomic E-state index is 12.3. The first-order valence-electron chi connectivity index (χ1n) is 6.13. The minimum Gasteiger partial charge on any atom is -0.375 e. The number of hydrogen-bond donors (Lipinski definition) is 0. The monoisotopic (exact) mass is 359 g/mol. The van der Waals surface area contributed by atoms with Gasteiger partial charge in [0.1, 0.15) is 11.8 Å². The van der Waals surface area contributed by atoms with E-state index in [1.807, 2.05) is 0 Å². The summed E-state index contributed by atoms with van der Waals surface area (Å²) in [5.74, 6) is -0.759. The summed E-state index contributed by atoms with van der Waals surface area (Å²) < 4.78 is 64.3. The maximum atomic E-state index is 12.3. The molecule has 11 heteroatoms. The van der Waals surface area contributed by atoms with Crippen LogP contribution in [0.1, 0.15) is 16.1 Å². The molecular weight excluding hydrogens is 351 g/mol. The third-order valence-corrected chi connectivity index (χ3v) is 3.88. The number of alkyl halides is 3. The number of nitrogens with zero attached hydrogens (tertiary/aromatic N) is 3. The quantitative estimate of drug-likeness (QED) is 0.470. The Labute approximate surface area is 134 Å². The molecule has 0 fully saturated rings. The van der Waals surface area contributed by atoms with E-state index in [1.54, 1.807) is 6.07 Å². The second-order valence-electron chi connectivity index (χ2n) is 4.50. The molecule has 0 N–H and O–H groups in total. The number of benzene rings is 1. The van der Waals surface area contributed by atoms with Crippen LogP contribution in [0, 0.1) is 11.3 Å². The highest BCUT2D eigenvalue weighted by molar-refractivity contribution is 7.88. The van der Waals surface area contributed by atoms with E-state index < -0.39 is 26.9 Å². The molecular formula is C13H8F3N3O4S. The highest BCUT2D eigenvalue weighted by Crippen LogP contribution is 2.31. The number of carbonyl (C=O) groups excluding carboxylic acids is 1. The first-order valence-corrected chi connectivity index (χ1v) is 7.54. The summed E-state index contributed by atoms with van der Waals surface area (Å²) in [5.41, 5.74) is -5.23. The fourth-order valence-electron chi connectivity index (χ4n) is 1.75. The first-order chi connectivity index (χ1) is 11.1. The minimum atomic E-state index is -5.88. The molecule has 0 bridgehead atoms. The fraction of sp³-hybridized carbons (Fsp3) is 0.154. The van der Waals surface area contributed by atoms with Gasteiger partial charge >= 0.3 is 15.6 Å². The molecule has 0 saturated heterocycles. The van der Waals surface area contributed by atoms with Crippen molar-refractivity contribution in [2.45, 2.75) is 5.51 Å². The zero-order valence-corrected chi connectivity index (χ0v) is 12.7. The Hall–Kier alpha value is -2.87. The first kappa shape index (κ1) is 17.5. The Kier molecular flexibility index (Phi) is 4.35. The highest BCUT2D eigenvalue weighted by atomic mass is 32.2. The van der Waals surface area contributed by atoms with Gasteiger partial charge in [-0.15, -0.1) is 0 Å². The molecule has 24 heavy (non-hydrogen) atoms. The van der Waals surface area contributed by atoms with Crippen LogP contribution in [0.3, 0.4) is 0 Å². The molecule has 1 aromatic heterocycles. The van der Waals surface area contributed by atoms with Crippen molar-refractivity contribution in [1.82, 2.24) is 9.78 Å². The summed E-state index contributed by atoms with van der Waals surface area (Å²) in [5, 5.41) is 13.0. The molecule has 2 aromatic rings. The third-order valence-electron chi connectivity index (χ3n) is 2.92. The van der Waals surface area contributed by atoms with Crippen LogP contribution in [0.25, 0.3) is 11.3 Å². The topological polar surface area (TPSA) is 102 Å². The normalized spacial score (nSPS) is 11.8. The average molecular weight is 359 g/mol. The summed E-state index contributed by atoms with van der Waals surface area (Å²) >= 11 is 0. The number of rotatable bonds is 4. The molecule has 0 radical (unpaired) electrons. The van der Waals surface area contributed by atoms with Crippen molar-refractivity contribution in [3.63, 3.8) is 0 Å². The van der Waals surface area contributed by atoms with Gasteiger partial charge in [0.25, 0.3) is 0 Å². The molecule has 1 aromatic carbocycles. The van der Waals surface area contributed by atoms with E-state index in [1.165, 1.54) is 23.9 Å². The van der Waals surface area contributed by atoms with Crippen molar-refractivity contribution in [2.24, 2.45) is 7.05 Å². The van der Waals surface area contributed by atoms with Gasteiger partial charge in [0.2, 0.25) is 0 Å². The highest BCUT2D eigenvalue weighted by Gasteiger charge is 2.48. The van der Waals surface area contributed by atoms with Gasteiger partial charge in [0, 0.05) is 12.6 Å². The summed E-state index contributed by atoms with van der Waals surface area (Å²) in [6.45, 7) is 0. The number of aldehydes is 1. The van der Waals surface area contributed by atoms with Crippen LogP contribution in [0.15, 0.2) is 24.3 Å². The lowest BCUT2D eigenvalue weighted by Gasteiger charge is -2.10. The maximum Gasteiger partial charge on any atom is 0.534 e. The van der Waals surface area contributed by atoms with E-state index in [-0.39, 0.29) is 11.4 Å². The zero-order chi connectivity index (χ0) is 18.1. The molecule has 0 atom stereocenters. The molecule has 0 spiro atoms. The lowest BCUT2D eigenvalue weighted by Crippen LogP contribution is -2.28. The Bertz CT molecular complexity index is 942. The fourth-order valence-corrected chi connectivity index (χ4v) is 2.22. The van der Waals surface area contributed by atoms with Crippen LogP contribution in [-0.2, 0) is 17.2 Å². The summed E-state index contributed by atoms with van der Waals surface area (Å²) in [4.78, 5) is 10.8. The van der Waals surface area contributed by atoms with E-state index in [2.05, 4.69) is 9.28 Å². The van der Waals surface area contributed by atoms with Gasteiger partial charge in [-0.05, 0) is 24.3 Å². The van der Waals surface area contributed by atoms with Crippen LogP contribution < -0.4 is 4.18 Å². The van der Waals surface area contributed by atoms with E-state index in [0.717, 1.165) is 12.1 Å². The number of aryl methyl sites for hydroxylation is 1. The number of halogens is 3. The summed E-state index contributed by atoms with van der Waals surface area (Å²) in [6, 6.07) is 6.19. The average Bonchev–Trinajstić information content (AvgIpc) is 2.87. The largest absolute Gasteiger partial charge is 0.534 e. The van der Waals surface area contributed by atoms with Crippen molar-refractivity contribution >= 4 is 16.4 Å². The van der Waals surface area contributed by atoms with E-state index in [0.29, 0.717) is 11.8 Å². The van der Waals surface area contributed by atoms with Gasteiger partial charge in [-0.1, -0.05) is 0 Å². The lowest BCUT2D eigenvalue weighted by atomic mass is 10.1. The molecule has 2 rings (SSSR count). The van der Waals surface area contributed by atoms with Crippen LogP contribution in [0.4, 0.5) is 13.2 Å². The summed E-state index contributed by atoms with van der Waals surface area (Å²) in [7, 11) is -4.38. The van der Waals surface area contributed by atoms with Gasteiger partial charge in [-0.25, -0.2) is 0 Å². The van der Waals surface area contributed by atoms with Crippen molar-refractivity contribution < 1.29 is 30.6 Å². The number of aromatic nitrogens is 2. The number of nitriles is 1. The smallest absolute Gasteiger partial charge is 0.375 e. The molecule has 0 unspecified atom stereocenters. The second kappa shape index (κ2) is 5.97. The van der Waals surface area contributed by atoms with Gasteiger partial charge in [0.05, 0.1) is 11.3 Å². The van der Waals surface area contributed by atoms with Crippen LogP contribution >= 0.6 is 0 Å². The van der Waals surface area contributed by atoms with Gasteiger partial charge < -0.3 is 4.18 Å². The van der Waals surface area contributed by atoms with Crippen LogP contribution in [-0.4, -0.2) is 30.0 Å². The van der Waals surface area contributed by atoms with Crippen molar-refractivity contribution in [3.05, 3.63) is 35.5 Å². The van der Waals surface area contributed by atoms with Crippen LogP contribution in [0.5, 0.6) is 5.75 Å². The van der Waals surface area contributed by atoms with Gasteiger partial charge in [-0.3, -0.25) is 9.48 Å². The minimum absolute atomic E-state index is 0.239. The zero-order valence-electron chi connectivity index (χ0n) is 11.9. The molecule has 1 heterocycles.